The van der Waals surface area contributed by atoms with Crippen LogP contribution in [0.4, 0.5) is 0 Å². The number of phosphoric acid groups is 1. The standard InChI is InChI=1S/C35H61O33P/c36-1-8-14(42)18(46)29(68-31-21(49)13(41)7(40)5-57-31)35(62-8)67-27-16(44)10(3-38)61-33(23(27)51)65-26-15(43)9(2-37)60-32(22(26)50)66-28-17(45)12(6-58-69(54,55)56)63-34(24(28)52)64-25-11(4-39)59-30(53)20(48)19(25)47/h7-53H,1-6H2,(H2,54,55,56)/t7-,8-,9-,10-,11-,12-,13-,14+,15+,16+,17+,18+,19-,20+,21+,22-,23-,24-,25-,26+,27+,28+,29-,30?,31+,32+,33+,34+,35+/m1/s1. The number of aliphatic hydroxyl groups excluding tert-OH is 18. The fourth-order valence-electron chi connectivity index (χ4n) is 8.36. The molecule has 6 fully saturated rings. The van der Waals surface area contributed by atoms with Crippen molar-refractivity contribution in [3.05, 3.63) is 0 Å². The molecule has 6 aliphatic rings. The minimum Gasteiger partial charge on any atom is -0.394 e. The van der Waals surface area contributed by atoms with E-state index in [1.165, 1.54) is 0 Å². The summed E-state index contributed by atoms with van der Waals surface area (Å²) in [4.78, 5) is 18.7. The lowest BCUT2D eigenvalue weighted by molar-refractivity contribution is -0.400. The topological polar surface area (TPSA) is 532 Å². The molecule has 0 aromatic rings. The van der Waals surface area contributed by atoms with E-state index in [-0.39, 0.29) is 0 Å². The average molecular weight is 1040 g/mol. The van der Waals surface area contributed by atoms with Gasteiger partial charge >= 0.3 is 7.82 Å². The van der Waals surface area contributed by atoms with Crippen LogP contribution in [0.25, 0.3) is 0 Å². The predicted octanol–water partition coefficient (Wildman–Crippen LogP) is -13.3. The highest BCUT2D eigenvalue weighted by atomic mass is 31.2. The normalized spacial score (nSPS) is 51.3. The minimum atomic E-state index is -5.31. The van der Waals surface area contributed by atoms with Crippen molar-refractivity contribution >= 4 is 7.82 Å². The van der Waals surface area contributed by atoms with Crippen molar-refractivity contribution in [3.8, 4) is 0 Å². The van der Waals surface area contributed by atoms with E-state index in [2.05, 4.69) is 4.52 Å². The van der Waals surface area contributed by atoms with E-state index in [1.54, 1.807) is 0 Å². The summed E-state index contributed by atoms with van der Waals surface area (Å²) in [6, 6.07) is 0. The summed E-state index contributed by atoms with van der Waals surface area (Å²) in [5, 5.41) is 191. The van der Waals surface area contributed by atoms with Crippen molar-refractivity contribution in [2.45, 2.75) is 178 Å². The smallest absolute Gasteiger partial charge is 0.394 e. The van der Waals surface area contributed by atoms with Gasteiger partial charge in [-0.3, -0.25) is 4.52 Å². The third kappa shape index (κ3) is 12.6. The number of phosphoric ester groups is 1. The van der Waals surface area contributed by atoms with Crippen LogP contribution in [-0.4, -0.2) is 319 Å². The maximum absolute atomic E-state index is 11.6. The lowest BCUT2D eigenvalue weighted by atomic mass is 9.95. The molecule has 69 heavy (non-hydrogen) atoms. The molecule has 404 valence electrons. The molecule has 0 amide bonds. The Morgan fingerprint density at radius 1 is 0.377 bits per heavy atom. The van der Waals surface area contributed by atoms with Gasteiger partial charge in [0.2, 0.25) is 0 Å². The molecule has 29 atom stereocenters. The Bertz CT molecular complexity index is 1640. The van der Waals surface area contributed by atoms with Crippen molar-refractivity contribution < 1.29 is 163 Å². The van der Waals surface area contributed by atoms with E-state index in [0.717, 1.165) is 0 Å². The Balaban J connectivity index is 1.23. The third-order valence-electron chi connectivity index (χ3n) is 12.3. The quantitative estimate of drug-likeness (QED) is 0.0602. The van der Waals surface area contributed by atoms with Gasteiger partial charge in [-0.05, 0) is 0 Å². The maximum atomic E-state index is 11.6. The van der Waals surface area contributed by atoms with Gasteiger partial charge in [-0.2, -0.15) is 0 Å². The molecule has 0 saturated carbocycles. The van der Waals surface area contributed by atoms with Gasteiger partial charge in [0.1, 0.15) is 140 Å². The molecule has 6 saturated heterocycles. The van der Waals surface area contributed by atoms with Gasteiger partial charge in [0.25, 0.3) is 0 Å². The monoisotopic (exact) mass is 1040 g/mol. The van der Waals surface area contributed by atoms with E-state index in [0.29, 0.717) is 0 Å². The van der Waals surface area contributed by atoms with Crippen molar-refractivity contribution in [1.82, 2.24) is 0 Å². The molecule has 6 heterocycles. The second-order valence-corrected chi connectivity index (χ2v) is 18.2. The molecule has 33 nitrogen and oxygen atoms in total. The molecule has 0 aliphatic carbocycles. The first kappa shape index (κ1) is 57.2. The average Bonchev–Trinajstić information content (AvgIpc) is 3.31. The fraction of sp³-hybridized carbons (Fsp3) is 1.00. The van der Waals surface area contributed by atoms with Crippen LogP contribution in [0, 0.1) is 0 Å². The first-order valence-corrected chi connectivity index (χ1v) is 22.8. The van der Waals surface area contributed by atoms with Gasteiger partial charge < -0.3 is 154 Å². The zero-order chi connectivity index (χ0) is 51.0. The maximum Gasteiger partial charge on any atom is 0.469 e. The zero-order valence-electron chi connectivity index (χ0n) is 35.7. The van der Waals surface area contributed by atoms with Gasteiger partial charge in [-0.1, -0.05) is 0 Å². The van der Waals surface area contributed by atoms with E-state index in [9.17, 15) is 106 Å². The SMILES string of the molecule is O=P(O)(O)OC[C@H]1O[C@@H](O[C@H]2[C@H](O)[C@H](O)C(O)O[C@@H]2CO)[C@H](O)[C@@H](O[C@@H]2O[C@H](CO)[C@H](O)[C@H](O[C@@H]3O[C@H](CO)[C@H](O)[C@H](O[C@@H]4O[C@H](CO)[C@H](O)[C@H](O)[C@H]4O[C@@H]4OC[C@@H](O)[C@@H](O)[C@@H]4O)[C@H]3O)[C@H]2O)[C@H]1O. The number of ether oxygens (including phenoxy) is 11. The molecule has 6 rings (SSSR count). The number of hydrogen-bond donors (Lipinski definition) is 20. The van der Waals surface area contributed by atoms with Crippen LogP contribution in [0.5, 0.6) is 0 Å². The van der Waals surface area contributed by atoms with E-state index >= 15 is 0 Å². The molecule has 1 unspecified atom stereocenters. The van der Waals surface area contributed by atoms with Crippen LogP contribution >= 0.6 is 7.82 Å². The molecule has 0 aromatic carbocycles. The van der Waals surface area contributed by atoms with E-state index in [4.69, 9.17) is 52.1 Å². The van der Waals surface area contributed by atoms with Crippen LogP contribution < -0.4 is 0 Å². The van der Waals surface area contributed by atoms with Crippen LogP contribution in [0.3, 0.4) is 0 Å². The molecular weight excluding hydrogens is 979 g/mol. The van der Waals surface area contributed by atoms with Crippen molar-refractivity contribution in [3.63, 3.8) is 0 Å². The molecule has 0 radical (unpaired) electrons. The second kappa shape index (κ2) is 24.1. The fourth-order valence-corrected chi connectivity index (χ4v) is 8.70. The van der Waals surface area contributed by atoms with Crippen LogP contribution in [-0.2, 0) is 61.2 Å². The summed E-state index contributed by atoms with van der Waals surface area (Å²) in [5.74, 6) is 0. The number of hydrogen-bond acceptors (Lipinski definition) is 31. The number of rotatable bonds is 17. The Kier molecular flexibility index (Phi) is 20.0. The first-order valence-electron chi connectivity index (χ1n) is 21.3. The Labute approximate surface area is 388 Å². The van der Waals surface area contributed by atoms with E-state index < -0.39 is 226 Å². The van der Waals surface area contributed by atoms with Gasteiger partial charge in [0.15, 0.2) is 37.7 Å². The van der Waals surface area contributed by atoms with Gasteiger partial charge in [0.05, 0.1) is 39.6 Å². The highest BCUT2D eigenvalue weighted by molar-refractivity contribution is 7.46. The third-order valence-corrected chi connectivity index (χ3v) is 12.8. The predicted molar refractivity (Wildman–Crippen MR) is 204 cm³/mol. The summed E-state index contributed by atoms with van der Waals surface area (Å²) in [6.45, 7) is -5.87. The number of aliphatic hydroxyl groups is 18. The van der Waals surface area contributed by atoms with Crippen molar-refractivity contribution in [1.29, 1.82) is 0 Å². The van der Waals surface area contributed by atoms with Crippen molar-refractivity contribution in [2.75, 3.05) is 39.6 Å². The zero-order valence-corrected chi connectivity index (χ0v) is 36.6. The molecule has 0 bridgehead atoms. The Hall–Kier alpha value is -1.05. The first-order chi connectivity index (χ1) is 32.5. The summed E-state index contributed by atoms with van der Waals surface area (Å²) in [6.07, 6.45) is -58.3. The Morgan fingerprint density at radius 2 is 0.768 bits per heavy atom. The van der Waals surface area contributed by atoms with Crippen molar-refractivity contribution in [2.24, 2.45) is 0 Å². The van der Waals surface area contributed by atoms with Gasteiger partial charge in [-0.15, -0.1) is 0 Å². The lowest BCUT2D eigenvalue weighted by Gasteiger charge is -2.50. The molecule has 20 N–H and O–H groups in total. The molecule has 34 heteroatoms. The molecule has 0 spiro atoms. The molecule has 6 aliphatic heterocycles. The summed E-state index contributed by atoms with van der Waals surface area (Å²) in [5.41, 5.74) is 0. The Morgan fingerprint density at radius 3 is 1.25 bits per heavy atom. The molecular formula is C35H61O33P. The van der Waals surface area contributed by atoms with Gasteiger partial charge in [-0.25, -0.2) is 4.57 Å². The highest BCUT2D eigenvalue weighted by Crippen LogP contribution is 2.39. The van der Waals surface area contributed by atoms with Crippen LogP contribution in [0.2, 0.25) is 0 Å². The van der Waals surface area contributed by atoms with Crippen LogP contribution in [0.1, 0.15) is 0 Å². The minimum absolute atomic E-state index is 0.591. The largest absolute Gasteiger partial charge is 0.469 e. The second-order valence-electron chi connectivity index (χ2n) is 16.9. The van der Waals surface area contributed by atoms with Crippen LogP contribution in [0.15, 0.2) is 0 Å². The summed E-state index contributed by atoms with van der Waals surface area (Å²) < 4.78 is 76.9. The molecule has 0 aromatic heterocycles. The highest BCUT2D eigenvalue weighted by Gasteiger charge is 2.58. The van der Waals surface area contributed by atoms with E-state index in [1.807, 2.05) is 0 Å². The lowest BCUT2D eigenvalue weighted by Crippen LogP contribution is -2.68. The summed E-state index contributed by atoms with van der Waals surface area (Å²) in [7, 11) is -5.31. The summed E-state index contributed by atoms with van der Waals surface area (Å²) >= 11 is 0. The van der Waals surface area contributed by atoms with Gasteiger partial charge in [0, 0.05) is 0 Å².